The van der Waals surface area contributed by atoms with E-state index in [2.05, 4.69) is 0 Å². The third-order valence-electron chi connectivity index (χ3n) is 4.67. The Labute approximate surface area is 171 Å². The fourth-order valence-electron chi connectivity index (χ4n) is 3.36. The molecular formula is C19H18F6S3. The Bertz CT molecular complexity index is 907. The third-order valence-corrected chi connectivity index (χ3v) is 8.10. The van der Waals surface area contributed by atoms with Gasteiger partial charge in [0.1, 0.15) is 0 Å². The molecule has 0 fully saturated rings. The van der Waals surface area contributed by atoms with Crippen LogP contribution in [0.15, 0.2) is 21.7 Å². The molecule has 0 atom stereocenters. The number of rotatable bonds is 6. The lowest BCUT2D eigenvalue weighted by molar-refractivity contribution is -0.254. The van der Waals surface area contributed by atoms with E-state index < -0.39 is 28.9 Å². The molecule has 0 unspecified atom stereocenters. The molecule has 0 aromatic carbocycles. The van der Waals surface area contributed by atoms with Gasteiger partial charge in [0.15, 0.2) is 0 Å². The molecule has 3 rings (SSSR count). The fraction of sp³-hybridized carbons (Fsp3) is 0.474. The molecule has 0 nitrogen and oxygen atoms in total. The van der Waals surface area contributed by atoms with Crippen LogP contribution in [0.2, 0.25) is 0 Å². The van der Waals surface area contributed by atoms with E-state index in [0.717, 1.165) is 11.3 Å². The lowest BCUT2D eigenvalue weighted by Gasteiger charge is -2.25. The van der Waals surface area contributed by atoms with Crippen molar-refractivity contribution >= 4 is 45.6 Å². The van der Waals surface area contributed by atoms with Gasteiger partial charge < -0.3 is 0 Å². The van der Waals surface area contributed by atoms with Gasteiger partial charge in [-0.1, -0.05) is 20.8 Å². The van der Waals surface area contributed by atoms with E-state index in [0.29, 0.717) is 26.1 Å². The van der Waals surface area contributed by atoms with Crippen LogP contribution in [0.25, 0.3) is 11.1 Å². The molecule has 2 heterocycles. The first-order valence-electron chi connectivity index (χ1n) is 8.75. The molecule has 0 amide bonds. The van der Waals surface area contributed by atoms with E-state index >= 15 is 0 Å². The molecule has 28 heavy (non-hydrogen) atoms. The van der Waals surface area contributed by atoms with Crippen LogP contribution in [0.4, 0.5) is 26.3 Å². The predicted octanol–water partition coefficient (Wildman–Crippen LogP) is 7.88. The molecular weight excluding hydrogens is 438 g/mol. The summed E-state index contributed by atoms with van der Waals surface area (Å²) in [6.07, 6.45) is 0.580. The highest BCUT2D eigenvalue weighted by Gasteiger charge is 2.80. The van der Waals surface area contributed by atoms with Crippen LogP contribution in [-0.2, 0) is 12.8 Å². The van der Waals surface area contributed by atoms with Gasteiger partial charge >= 0.3 is 17.8 Å². The molecule has 2 aromatic heterocycles. The zero-order valence-electron chi connectivity index (χ0n) is 15.3. The summed E-state index contributed by atoms with van der Waals surface area (Å²) in [6.45, 7) is 5.24. The topological polar surface area (TPSA) is 0 Å². The molecule has 0 aliphatic heterocycles. The largest absolute Gasteiger partial charge is 0.380 e. The molecule has 9 heteroatoms. The first-order valence-corrected chi connectivity index (χ1v) is 11.4. The number of halogens is 6. The zero-order chi connectivity index (χ0) is 20.9. The van der Waals surface area contributed by atoms with E-state index in [4.69, 9.17) is 0 Å². The van der Waals surface area contributed by atoms with Gasteiger partial charge in [-0.25, -0.2) is 0 Å². The van der Waals surface area contributed by atoms with Crippen molar-refractivity contribution in [3.63, 3.8) is 0 Å². The monoisotopic (exact) mass is 456 g/mol. The number of thioether (sulfide) groups is 1. The van der Waals surface area contributed by atoms with Crippen molar-refractivity contribution in [3.05, 3.63) is 38.4 Å². The van der Waals surface area contributed by atoms with Crippen molar-refractivity contribution in [1.82, 2.24) is 0 Å². The number of alkyl halides is 6. The van der Waals surface area contributed by atoms with Gasteiger partial charge in [0.2, 0.25) is 0 Å². The van der Waals surface area contributed by atoms with E-state index in [-0.39, 0.29) is 17.5 Å². The first kappa shape index (κ1) is 21.8. The number of hydrogen-bond donors (Lipinski definition) is 0. The Balaban J connectivity index is 2.40. The van der Waals surface area contributed by atoms with Crippen molar-refractivity contribution in [3.8, 4) is 0 Å². The zero-order valence-corrected chi connectivity index (χ0v) is 17.8. The minimum absolute atomic E-state index is 0.187. The smallest absolute Gasteiger partial charge is 0.194 e. The van der Waals surface area contributed by atoms with Crippen LogP contribution in [0.5, 0.6) is 0 Å². The number of thiophene rings is 2. The number of hydrogen-bond acceptors (Lipinski definition) is 3. The summed E-state index contributed by atoms with van der Waals surface area (Å²) in [6, 6.07) is 2.60. The van der Waals surface area contributed by atoms with Gasteiger partial charge in [-0.3, -0.25) is 0 Å². The Morgan fingerprint density at radius 2 is 1.43 bits per heavy atom. The van der Waals surface area contributed by atoms with Crippen molar-refractivity contribution in [2.75, 3.05) is 5.75 Å². The van der Waals surface area contributed by atoms with E-state index in [1.54, 1.807) is 13.8 Å². The van der Waals surface area contributed by atoms with E-state index in [9.17, 15) is 26.3 Å². The molecule has 0 saturated carbocycles. The van der Waals surface area contributed by atoms with Crippen LogP contribution < -0.4 is 0 Å². The van der Waals surface area contributed by atoms with Crippen LogP contribution >= 0.6 is 34.4 Å². The molecule has 2 aromatic rings. The van der Waals surface area contributed by atoms with Gasteiger partial charge in [0.05, 0.1) is 4.21 Å². The van der Waals surface area contributed by atoms with Gasteiger partial charge in [-0.15, -0.1) is 34.4 Å². The molecule has 0 bridgehead atoms. The summed E-state index contributed by atoms with van der Waals surface area (Å²) >= 11 is 3.66. The second-order valence-corrected chi connectivity index (χ2v) is 9.97. The van der Waals surface area contributed by atoms with Crippen molar-refractivity contribution in [2.24, 2.45) is 0 Å². The predicted molar refractivity (Wildman–Crippen MR) is 105 cm³/mol. The van der Waals surface area contributed by atoms with Crippen LogP contribution in [0, 0.1) is 0 Å². The average molecular weight is 457 g/mol. The van der Waals surface area contributed by atoms with Crippen LogP contribution in [0.3, 0.4) is 0 Å². The Hall–Kier alpha value is -0.930. The summed E-state index contributed by atoms with van der Waals surface area (Å²) in [5.41, 5.74) is -2.86. The maximum Gasteiger partial charge on any atom is 0.380 e. The third kappa shape index (κ3) is 2.96. The summed E-state index contributed by atoms with van der Waals surface area (Å²) < 4.78 is 88.7. The second kappa shape index (κ2) is 7.40. The normalized spacial score (nSPS) is 20.2. The van der Waals surface area contributed by atoms with Crippen molar-refractivity contribution < 1.29 is 26.3 Å². The maximum atomic E-state index is 14.9. The van der Waals surface area contributed by atoms with Gasteiger partial charge in [-0.2, -0.15) is 26.3 Å². The van der Waals surface area contributed by atoms with Crippen molar-refractivity contribution in [1.29, 1.82) is 0 Å². The standard InChI is InChI=1S/C19H18F6S3/c1-4-12-10(7-8-27-12)15-16(18(22,23)19(24,25)17(15,20)21)11-9-14(26-6-3)28-13(11)5-2/h7-9H,4-6H2,1-3H3. The minimum atomic E-state index is -5.50. The lowest BCUT2D eigenvalue weighted by Crippen LogP contribution is -2.48. The van der Waals surface area contributed by atoms with Gasteiger partial charge in [-0.05, 0) is 47.2 Å². The SMILES string of the molecule is CCSc1cc(C2=C(c3ccsc3CC)C(F)(F)C(F)(F)C2(F)F)c(CC)s1. The van der Waals surface area contributed by atoms with E-state index in [1.807, 2.05) is 6.92 Å². The summed E-state index contributed by atoms with van der Waals surface area (Å²) in [5, 5.41) is 1.47. The quantitative estimate of drug-likeness (QED) is 0.315. The molecule has 1 aliphatic rings. The number of aryl methyl sites for hydroxylation is 2. The van der Waals surface area contributed by atoms with E-state index in [1.165, 1.54) is 40.6 Å². The van der Waals surface area contributed by atoms with Crippen LogP contribution in [0.1, 0.15) is 41.7 Å². The molecule has 154 valence electrons. The first-order chi connectivity index (χ1) is 13.0. The summed E-state index contributed by atoms with van der Waals surface area (Å²) in [4.78, 5) is 0.794. The highest BCUT2D eigenvalue weighted by atomic mass is 32.2. The Morgan fingerprint density at radius 3 is 1.96 bits per heavy atom. The molecule has 1 aliphatic carbocycles. The number of allylic oxidation sites excluding steroid dienone is 2. The maximum absolute atomic E-state index is 14.9. The highest BCUT2D eigenvalue weighted by Crippen LogP contribution is 2.65. The van der Waals surface area contributed by atoms with Gasteiger partial charge in [0, 0.05) is 20.9 Å². The Morgan fingerprint density at radius 1 is 0.857 bits per heavy atom. The molecule has 0 saturated heterocycles. The summed E-state index contributed by atoms with van der Waals surface area (Å²) in [5.74, 6) is -14.8. The Kier molecular flexibility index (Phi) is 5.75. The fourth-order valence-corrected chi connectivity index (χ4v) is 6.41. The average Bonchev–Trinajstić information content (AvgIpc) is 3.26. The molecule has 0 spiro atoms. The summed E-state index contributed by atoms with van der Waals surface area (Å²) in [7, 11) is 0. The second-order valence-electron chi connectivity index (χ2n) is 6.27. The van der Waals surface area contributed by atoms with Crippen molar-refractivity contribution in [2.45, 2.75) is 55.6 Å². The molecule has 0 N–H and O–H groups in total. The lowest BCUT2D eigenvalue weighted by atomic mass is 9.94. The van der Waals surface area contributed by atoms with Gasteiger partial charge in [0.25, 0.3) is 0 Å². The highest BCUT2D eigenvalue weighted by molar-refractivity contribution is 8.01. The van der Waals surface area contributed by atoms with Crippen LogP contribution in [-0.4, -0.2) is 23.5 Å². The molecule has 0 radical (unpaired) electrons. The minimum Gasteiger partial charge on any atom is -0.194 e.